The highest BCUT2D eigenvalue weighted by atomic mass is 16.3. The molecule has 4 heteroatoms. The first-order chi connectivity index (χ1) is 9.73. The first-order valence-corrected chi connectivity index (χ1v) is 8.49. The number of likely N-dealkylation sites (N-methyl/N-ethyl adjacent to an activating group) is 1. The summed E-state index contributed by atoms with van der Waals surface area (Å²) in [7, 11) is 1.97. The zero-order chi connectivity index (χ0) is 14.4. The van der Waals surface area contributed by atoms with Crippen LogP contribution in [0.2, 0.25) is 0 Å². The van der Waals surface area contributed by atoms with E-state index < -0.39 is 0 Å². The highest BCUT2D eigenvalue weighted by molar-refractivity contribution is 4.87. The number of piperidine rings is 1. The van der Waals surface area contributed by atoms with Crippen LogP contribution in [0, 0.1) is 0 Å². The van der Waals surface area contributed by atoms with Crippen LogP contribution in [0.5, 0.6) is 0 Å². The molecular weight excluding hydrogens is 250 g/mol. The minimum absolute atomic E-state index is 0.0628. The van der Waals surface area contributed by atoms with Gasteiger partial charge in [-0.3, -0.25) is 4.90 Å². The largest absolute Gasteiger partial charge is 0.394 e. The van der Waals surface area contributed by atoms with E-state index in [1.54, 1.807) is 0 Å². The summed E-state index contributed by atoms with van der Waals surface area (Å²) in [4.78, 5) is 5.33. The topological polar surface area (TPSA) is 38.7 Å². The first-order valence-electron chi connectivity index (χ1n) is 8.49. The molecule has 0 bridgehead atoms. The van der Waals surface area contributed by atoms with Gasteiger partial charge in [0.05, 0.1) is 6.61 Å². The Morgan fingerprint density at radius 2 is 2.10 bits per heavy atom. The van der Waals surface area contributed by atoms with Gasteiger partial charge in [-0.1, -0.05) is 13.3 Å². The maximum atomic E-state index is 9.59. The van der Waals surface area contributed by atoms with Gasteiger partial charge in [-0.25, -0.2) is 0 Å². The standard InChI is InChI=1S/C16H33N3O/c1-3-16(14-20,17-2)8-6-9-18-11-12-19-10-5-4-7-15(19)13-18/h15,17,20H,3-14H2,1-2H3. The van der Waals surface area contributed by atoms with Gasteiger partial charge < -0.3 is 15.3 Å². The second-order valence-corrected chi connectivity index (χ2v) is 6.63. The average Bonchev–Trinajstić information content (AvgIpc) is 2.52. The summed E-state index contributed by atoms with van der Waals surface area (Å²) in [6, 6.07) is 0.815. The Morgan fingerprint density at radius 3 is 2.80 bits per heavy atom. The van der Waals surface area contributed by atoms with E-state index in [1.165, 1.54) is 58.4 Å². The first kappa shape index (κ1) is 16.2. The van der Waals surface area contributed by atoms with Crippen LogP contribution in [-0.2, 0) is 0 Å². The minimum Gasteiger partial charge on any atom is -0.394 e. The van der Waals surface area contributed by atoms with Crippen LogP contribution in [-0.4, -0.2) is 72.9 Å². The van der Waals surface area contributed by atoms with Crippen molar-refractivity contribution in [2.75, 3.05) is 46.4 Å². The molecule has 2 unspecified atom stereocenters. The number of piperazine rings is 1. The monoisotopic (exact) mass is 283 g/mol. The number of nitrogens with zero attached hydrogens (tertiary/aromatic N) is 2. The molecule has 0 aromatic heterocycles. The molecule has 0 saturated carbocycles. The lowest BCUT2D eigenvalue weighted by Gasteiger charge is -2.44. The molecule has 2 atom stereocenters. The smallest absolute Gasteiger partial charge is 0.0613 e. The van der Waals surface area contributed by atoms with Crippen LogP contribution in [0.25, 0.3) is 0 Å². The zero-order valence-electron chi connectivity index (χ0n) is 13.4. The molecule has 0 spiro atoms. The summed E-state index contributed by atoms with van der Waals surface area (Å²) in [5, 5.41) is 12.9. The van der Waals surface area contributed by atoms with Crippen molar-refractivity contribution in [3.05, 3.63) is 0 Å². The van der Waals surface area contributed by atoms with Gasteiger partial charge in [0.2, 0.25) is 0 Å². The molecule has 2 rings (SSSR count). The summed E-state index contributed by atoms with van der Waals surface area (Å²) >= 11 is 0. The summed E-state index contributed by atoms with van der Waals surface area (Å²) in [5.41, 5.74) is -0.0628. The maximum Gasteiger partial charge on any atom is 0.0613 e. The molecule has 20 heavy (non-hydrogen) atoms. The lowest BCUT2D eigenvalue weighted by atomic mass is 9.91. The zero-order valence-corrected chi connectivity index (χ0v) is 13.4. The van der Waals surface area contributed by atoms with Crippen LogP contribution < -0.4 is 5.32 Å². The average molecular weight is 283 g/mol. The van der Waals surface area contributed by atoms with E-state index in [2.05, 4.69) is 22.0 Å². The molecule has 2 aliphatic heterocycles. The quantitative estimate of drug-likeness (QED) is 0.739. The van der Waals surface area contributed by atoms with E-state index in [9.17, 15) is 5.11 Å². The van der Waals surface area contributed by atoms with Gasteiger partial charge in [-0.05, 0) is 52.2 Å². The molecule has 2 saturated heterocycles. The number of hydrogen-bond acceptors (Lipinski definition) is 4. The van der Waals surface area contributed by atoms with Gasteiger partial charge in [-0.2, -0.15) is 0 Å². The van der Waals surface area contributed by atoms with Crippen molar-refractivity contribution in [3.8, 4) is 0 Å². The molecule has 2 fully saturated rings. The van der Waals surface area contributed by atoms with Gasteiger partial charge >= 0.3 is 0 Å². The van der Waals surface area contributed by atoms with E-state index in [0.717, 1.165) is 18.9 Å². The summed E-state index contributed by atoms with van der Waals surface area (Å²) in [6.07, 6.45) is 7.45. The molecule has 0 aromatic carbocycles. The molecule has 2 aliphatic rings. The molecule has 4 nitrogen and oxygen atoms in total. The van der Waals surface area contributed by atoms with E-state index in [0.29, 0.717) is 0 Å². The van der Waals surface area contributed by atoms with Crippen molar-refractivity contribution in [1.82, 2.24) is 15.1 Å². The maximum absolute atomic E-state index is 9.59. The van der Waals surface area contributed by atoms with Gasteiger partial charge in [0.15, 0.2) is 0 Å². The third kappa shape index (κ3) is 3.94. The molecule has 0 aromatic rings. The SMILES string of the molecule is CCC(CO)(CCCN1CCN2CCCCC2C1)NC. The third-order valence-corrected chi connectivity index (χ3v) is 5.56. The van der Waals surface area contributed by atoms with Crippen LogP contribution in [0.15, 0.2) is 0 Å². The fourth-order valence-corrected chi connectivity index (χ4v) is 3.81. The lowest BCUT2D eigenvalue weighted by molar-refractivity contribution is 0.0464. The van der Waals surface area contributed by atoms with E-state index in [1.807, 2.05) is 7.05 Å². The summed E-state index contributed by atoms with van der Waals surface area (Å²) in [6.45, 7) is 8.67. The van der Waals surface area contributed by atoms with Crippen LogP contribution in [0.3, 0.4) is 0 Å². The lowest BCUT2D eigenvalue weighted by Crippen LogP contribution is -2.55. The minimum atomic E-state index is -0.0628. The van der Waals surface area contributed by atoms with E-state index in [4.69, 9.17) is 0 Å². The highest BCUT2D eigenvalue weighted by Gasteiger charge is 2.29. The molecule has 118 valence electrons. The predicted octanol–water partition coefficient (Wildman–Crippen LogP) is 1.30. The van der Waals surface area contributed by atoms with Gasteiger partial charge in [0.25, 0.3) is 0 Å². The van der Waals surface area contributed by atoms with E-state index in [-0.39, 0.29) is 12.1 Å². The number of hydrogen-bond donors (Lipinski definition) is 2. The van der Waals surface area contributed by atoms with Crippen molar-refractivity contribution in [3.63, 3.8) is 0 Å². The Balaban J connectivity index is 1.72. The molecule has 0 amide bonds. The van der Waals surface area contributed by atoms with Crippen molar-refractivity contribution < 1.29 is 5.11 Å². The number of rotatable bonds is 7. The molecular formula is C16H33N3O. The Hall–Kier alpha value is -0.160. The summed E-state index contributed by atoms with van der Waals surface area (Å²) in [5.74, 6) is 0. The van der Waals surface area contributed by atoms with Crippen molar-refractivity contribution >= 4 is 0 Å². The Bertz CT molecular complexity index is 273. The Kier molecular flexibility index (Phi) is 6.27. The summed E-state index contributed by atoms with van der Waals surface area (Å²) < 4.78 is 0. The molecule has 2 N–H and O–H groups in total. The number of aliphatic hydroxyl groups excluding tert-OH is 1. The second kappa shape index (κ2) is 7.74. The van der Waals surface area contributed by atoms with Crippen molar-refractivity contribution in [1.29, 1.82) is 0 Å². The Morgan fingerprint density at radius 1 is 1.25 bits per heavy atom. The molecule has 2 heterocycles. The van der Waals surface area contributed by atoms with Crippen LogP contribution in [0.1, 0.15) is 45.4 Å². The van der Waals surface area contributed by atoms with Gasteiger partial charge in [0, 0.05) is 31.2 Å². The molecule has 0 aliphatic carbocycles. The molecule has 0 radical (unpaired) electrons. The number of nitrogens with one attached hydrogen (secondary N) is 1. The van der Waals surface area contributed by atoms with Crippen LogP contribution >= 0.6 is 0 Å². The second-order valence-electron chi connectivity index (χ2n) is 6.63. The van der Waals surface area contributed by atoms with Gasteiger partial charge in [-0.15, -0.1) is 0 Å². The number of aliphatic hydroxyl groups is 1. The van der Waals surface area contributed by atoms with Crippen molar-refractivity contribution in [2.24, 2.45) is 0 Å². The van der Waals surface area contributed by atoms with E-state index >= 15 is 0 Å². The van der Waals surface area contributed by atoms with Gasteiger partial charge in [0.1, 0.15) is 0 Å². The fraction of sp³-hybridized carbons (Fsp3) is 1.00. The highest BCUT2D eigenvalue weighted by Crippen LogP contribution is 2.22. The van der Waals surface area contributed by atoms with Crippen LogP contribution in [0.4, 0.5) is 0 Å². The number of fused-ring (bicyclic) bond motifs is 1. The fourth-order valence-electron chi connectivity index (χ4n) is 3.81. The predicted molar refractivity (Wildman–Crippen MR) is 84.1 cm³/mol. The third-order valence-electron chi connectivity index (χ3n) is 5.56. The normalized spacial score (nSPS) is 28.1. The van der Waals surface area contributed by atoms with Crippen molar-refractivity contribution in [2.45, 2.75) is 57.0 Å². The Labute approximate surface area is 124 Å².